The molecule has 0 saturated carbocycles. The molecule has 94 valence electrons. The Balaban J connectivity index is 2.80. The van der Waals surface area contributed by atoms with E-state index in [2.05, 4.69) is 4.84 Å². The van der Waals surface area contributed by atoms with Gasteiger partial charge in [0.15, 0.2) is 6.61 Å². The third kappa shape index (κ3) is 3.98. The number of carboxylic acids is 1. The van der Waals surface area contributed by atoms with Crippen LogP contribution in [0.1, 0.15) is 0 Å². The van der Waals surface area contributed by atoms with Crippen LogP contribution >= 0.6 is 0 Å². The molecule has 1 rings (SSSR count). The lowest BCUT2D eigenvalue weighted by Crippen LogP contribution is -2.14. The molecule has 1 aromatic rings. The van der Waals surface area contributed by atoms with E-state index in [0.29, 0.717) is 6.07 Å². The van der Waals surface area contributed by atoms with Crippen LogP contribution in [-0.2, 0) is 19.7 Å². The molecule has 0 aliphatic carbocycles. The smallest absolute Gasteiger partial charge is 0.332 e. The number of aliphatic carboxylic acids is 1. The van der Waals surface area contributed by atoms with Crippen LogP contribution in [0, 0.1) is 5.82 Å². The highest BCUT2D eigenvalue weighted by atomic mass is 32.2. The average Bonchev–Trinajstić information content (AvgIpc) is 2.18. The number of nitrogens with one attached hydrogen (secondary N) is 1. The largest absolute Gasteiger partial charge is 0.479 e. The number of carboxylic acid groups (broad SMARTS) is 1. The number of halogens is 1. The van der Waals surface area contributed by atoms with Gasteiger partial charge in [-0.05, 0) is 18.2 Å². The zero-order valence-electron chi connectivity index (χ0n) is 8.38. The average molecular weight is 264 g/mol. The van der Waals surface area contributed by atoms with Gasteiger partial charge >= 0.3 is 5.97 Å². The molecule has 0 bridgehead atoms. The molecule has 0 unspecified atom stereocenters. The van der Waals surface area contributed by atoms with Gasteiger partial charge in [0.05, 0.1) is 10.6 Å². The summed E-state index contributed by atoms with van der Waals surface area (Å²) in [6.07, 6.45) is 0. The molecule has 4 N–H and O–H groups in total. The SMILES string of the molecule is NS(=O)(=O)c1ccc(NOCC(=O)O)c(F)c1. The molecule has 1 aromatic carbocycles. The van der Waals surface area contributed by atoms with Crippen LogP contribution in [-0.4, -0.2) is 26.1 Å². The summed E-state index contributed by atoms with van der Waals surface area (Å²) in [5, 5.41) is 13.0. The monoisotopic (exact) mass is 264 g/mol. The number of hydrogen-bond acceptors (Lipinski definition) is 5. The number of hydrogen-bond donors (Lipinski definition) is 3. The lowest BCUT2D eigenvalue weighted by molar-refractivity contribution is -0.141. The van der Waals surface area contributed by atoms with Crippen LogP contribution in [0.5, 0.6) is 0 Å². The predicted octanol–water partition coefficient (Wildman–Crippen LogP) is -0.0988. The molecule has 0 saturated heterocycles. The number of anilines is 1. The van der Waals surface area contributed by atoms with E-state index in [-0.39, 0.29) is 5.69 Å². The Bertz CT molecular complexity index is 531. The quantitative estimate of drug-likeness (QED) is 0.639. The summed E-state index contributed by atoms with van der Waals surface area (Å²) in [7, 11) is -3.98. The number of benzene rings is 1. The van der Waals surface area contributed by atoms with Crippen molar-refractivity contribution in [3.05, 3.63) is 24.0 Å². The lowest BCUT2D eigenvalue weighted by Gasteiger charge is -2.07. The zero-order valence-corrected chi connectivity index (χ0v) is 9.20. The Hall–Kier alpha value is -1.71. The van der Waals surface area contributed by atoms with E-state index in [4.69, 9.17) is 10.2 Å². The molecule has 0 amide bonds. The van der Waals surface area contributed by atoms with Gasteiger partial charge in [-0.2, -0.15) is 0 Å². The summed E-state index contributed by atoms with van der Waals surface area (Å²) >= 11 is 0. The molecule has 0 radical (unpaired) electrons. The highest BCUT2D eigenvalue weighted by Crippen LogP contribution is 2.17. The van der Waals surface area contributed by atoms with Crippen molar-refractivity contribution < 1.29 is 27.5 Å². The summed E-state index contributed by atoms with van der Waals surface area (Å²) in [6, 6.07) is 2.82. The van der Waals surface area contributed by atoms with Crippen LogP contribution in [0.4, 0.5) is 10.1 Å². The van der Waals surface area contributed by atoms with Crippen molar-refractivity contribution in [2.24, 2.45) is 5.14 Å². The third-order valence-electron chi connectivity index (χ3n) is 1.65. The van der Waals surface area contributed by atoms with E-state index in [1.807, 2.05) is 5.48 Å². The Kier molecular flexibility index (Phi) is 3.99. The number of sulfonamides is 1. The maximum absolute atomic E-state index is 13.3. The molecule has 0 aliphatic heterocycles. The Morgan fingerprint density at radius 1 is 1.53 bits per heavy atom. The Labute approximate surface area is 96.0 Å². The van der Waals surface area contributed by atoms with Gasteiger partial charge in [0.1, 0.15) is 5.82 Å². The van der Waals surface area contributed by atoms with Crippen molar-refractivity contribution in [2.75, 3.05) is 12.1 Å². The normalized spacial score (nSPS) is 11.2. The maximum Gasteiger partial charge on any atom is 0.332 e. The van der Waals surface area contributed by atoms with Crippen molar-refractivity contribution in [2.45, 2.75) is 4.90 Å². The third-order valence-corrected chi connectivity index (χ3v) is 2.56. The second kappa shape index (κ2) is 5.08. The van der Waals surface area contributed by atoms with Gasteiger partial charge in [0.25, 0.3) is 0 Å². The minimum absolute atomic E-state index is 0.196. The lowest BCUT2D eigenvalue weighted by atomic mass is 10.3. The fourth-order valence-corrected chi connectivity index (χ4v) is 1.46. The molecule has 0 aromatic heterocycles. The molecule has 9 heteroatoms. The van der Waals surface area contributed by atoms with Crippen molar-refractivity contribution in [3.8, 4) is 0 Å². The molecule has 0 aliphatic rings. The molecule has 0 fully saturated rings. The van der Waals surface area contributed by atoms with Crippen LogP contribution < -0.4 is 10.6 Å². The summed E-state index contributed by atoms with van der Waals surface area (Å²) in [5.41, 5.74) is 1.84. The first-order chi connectivity index (χ1) is 7.80. The number of primary sulfonamides is 1. The van der Waals surface area contributed by atoms with Crippen LogP contribution in [0.2, 0.25) is 0 Å². The van der Waals surface area contributed by atoms with Gasteiger partial charge in [0, 0.05) is 0 Å². The van der Waals surface area contributed by atoms with Crippen LogP contribution in [0.25, 0.3) is 0 Å². The van der Waals surface area contributed by atoms with E-state index in [1.54, 1.807) is 0 Å². The Morgan fingerprint density at radius 2 is 2.18 bits per heavy atom. The molecule has 0 atom stereocenters. The van der Waals surface area contributed by atoms with Crippen molar-refractivity contribution in [3.63, 3.8) is 0 Å². The van der Waals surface area contributed by atoms with E-state index in [1.165, 1.54) is 0 Å². The molecular formula is C8H9FN2O5S. The first kappa shape index (κ1) is 13.4. The highest BCUT2D eigenvalue weighted by Gasteiger charge is 2.11. The van der Waals surface area contributed by atoms with Gasteiger partial charge in [-0.1, -0.05) is 0 Å². The van der Waals surface area contributed by atoms with E-state index < -0.39 is 33.3 Å². The number of nitrogens with two attached hydrogens (primary N) is 1. The summed E-state index contributed by atoms with van der Waals surface area (Å²) < 4.78 is 35.1. The minimum Gasteiger partial charge on any atom is -0.479 e. The number of carbonyl (C=O) groups is 1. The van der Waals surface area contributed by atoms with E-state index >= 15 is 0 Å². The first-order valence-electron chi connectivity index (χ1n) is 4.22. The fourth-order valence-electron chi connectivity index (χ4n) is 0.931. The van der Waals surface area contributed by atoms with Crippen molar-refractivity contribution in [1.29, 1.82) is 0 Å². The number of rotatable bonds is 5. The van der Waals surface area contributed by atoms with Gasteiger partial charge in [0.2, 0.25) is 10.0 Å². The van der Waals surface area contributed by atoms with Crippen molar-refractivity contribution >= 4 is 21.7 Å². The van der Waals surface area contributed by atoms with E-state index in [9.17, 15) is 17.6 Å². The molecule has 0 heterocycles. The van der Waals surface area contributed by atoms with Crippen LogP contribution in [0.15, 0.2) is 23.1 Å². The summed E-state index contributed by atoms with van der Waals surface area (Å²) in [6.45, 7) is -0.670. The zero-order chi connectivity index (χ0) is 13.1. The fraction of sp³-hybridized carbons (Fsp3) is 0.125. The topological polar surface area (TPSA) is 119 Å². The molecular weight excluding hydrogens is 255 g/mol. The first-order valence-corrected chi connectivity index (χ1v) is 5.77. The van der Waals surface area contributed by atoms with E-state index in [0.717, 1.165) is 12.1 Å². The second-order valence-corrected chi connectivity index (χ2v) is 4.53. The highest BCUT2D eigenvalue weighted by molar-refractivity contribution is 7.89. The minimum atomic E-state index is -3.98. The van der Waals surface area contributed by atoms with Gasteiger partial charge in [-0.3, -0.25) is 10.3 Å². The molecule has 17 heavy (non-hydrogen) atoms. The standard InChI is InChI=1S/C8H9FN2O5S/c9-6-3-5(17(10,14)15)1-2-7(6)11-16-4-8(12)13/h1-3,11H,4H2,(H,12,13)(H2,10,14,15). The second-order valence-electron chi connectivity index (χ2n) is 2.97. The Morgan fingerprint density at radius 3 is 2.65 bits per heavy atom. The summed E-state index contributed by atoms with van der Waals surface area (Å²) in [5.74, 6) is -2.17. The van der Waals surface area contributed by atoms with Crippen LogP contribution in [0.3, 0.4) is 0 Å². The van der Waals surface area contributed by atoms with Gasteiger partial charge in [-0.25, -0.2) is 22.7 Å². The van der Waals surface area contributed by atoms with Gasteiger partial charge in [-0.15, -0.1) is 0 Å². The van der Waals surface area contributed by atoms with Gasteiger partial charge < -0.3 is 5.11 Å². The molecule has 0 spiro atoms. The molecule has 7 nitrogen and oxygen atoms in total. The summed E-state index contributed by atoms with van der Waals surface area (Å²) in [4.78, 5) is 14.1. The van der Waals surface area contributed by atoms with Crippen molar-refractivity contribution in [1.82, 2.24) is 0 Å². The maximum atomic E-state index is 13.3. The predicted molar refractivity (Wildman–Crippen MR) is 55.0 cm³/mol.